The van der Waals surface area contributed by atoms with Crippen LogP contribution in [-0.4, -0.2) is 37.2 Å². The van der Waals surface area contributed by atoms with Crippen molar-refractivity contribution in [1.29, 1.82) is 0 Å². The van der Waals surface area contributed by atoms with Crippen LogP contribution in [0.25, 0.3) is 0 Å². The highest BCUT2D eigenvalue weighted by atomic mass is 16.6. The predicted molar refractivity (Wildman–Crippen MR) is 353 cm³/mol. The lowest BCUT2D eigenvalue weighted by Crippen LogP contribution is -2.30. The van der Waals surface area contributed by atoms with Gasteiger partial charge in [0.15, 0.2) is 6.10 Å². The summed E-state index contributed by atoms with van der Waals surface area (Å²) in [4.78, 5) is 38.3. The van der Waals surface area contributed by atoms with Crippen LogP contribution in [0.15, 0.2) is 48.6 Å². The largest absolute Gasteiger partial charge is 0.462 e. The zero-order valence-corrected chi connectivity index (χ0v) is 54.6. The molecule has 0 rings (SSSR count). The minimum atomic E-state index is -0.799. The van der Waals surface area contributed by atoms with E-state index in [-0.39, 0.29) is 37.5 Å². The van der Waals surface area contributed by atoms with E-state index in [0.29, 0.717) is 19.3 Å². The van der Waals surface area contributed by atoms with Crippen LogP contribution in [0.3, 0.4) is 0 Å². The van der Waals surface area contributed by atoms with Gasteiger partial charge >= 0.3 is 17.9 Å². The molecule has 6 nitrogen and oxygen atoms in total. The SMILES string of the molecule is CC/C=C\C/C=C\C/C=C\C/C=C\CCC(=O)OCC(COC(=O)CCCCCCCCCCCCCCCCCCCCCCCCCCCCCCCCCCC)OC(=O)CCCCCCCCCCCCCCCCCCC. The Kier molecular flexibility index (Phi) is 67.6. The van der Waals surface area contributed by atoms with Gasteiger partial charge in [0, 0.05) is 19.3 Å². The number of rotatable bonds is 67. The standard InChI is InChI=1S/C75H138O6/c1-4-7-10-13-16-19-22-25-27-29-30-31-32-33-34-35-36-37-38-39-40-41-42-43-44-46-47-50-53-56-59-62-65-68-74(77)80-71-72(70-79-73(76)67-64-61-58-55-52-49-24-21-18-15-12-9-6-3)81-75(78)69-66-63-60-57-54-51-48-45-28-26-23-20-17-14-11-8-5-2/h9,12,18,21,49,52,58,61,72H,4-8,10-11,13-17,19-20,22-48,50-51,53-57,59-60,62-71H2,1-3H3/b12-9-,21-18-,52-49-,61-58-. The first kappa shape index (κ1) is 78.4. The highest BCUT2D eigenvalue weighted by Gasteiger charge is 2.19. The molecule has 0 aliphatic heterocycles. The highest BCUT2D eigenvalue weighted by molar-refractivity contribution is 5.71. The van der Waals surface area contributed by atoms with Gasteiger partial charge in [-0.15, -0.1) is 0 Å². The van der Waals surface area contributed by atoms with Gasteiger partial charge in [0.2, 0.25) is 0 Å². The number of hydrogen-bond donors (Lipinski definition) is 0. The van der Waals surface area contributed by atoms with E-state index in [2.05, 4.69) is 63.3 Å². The molecule has 474 valence electrons. The van der Waals surface area contributed by atoms with Crippen LogP contribution in [0.2, 0.25) is 0 Å². The lowest BCUT2D eigenvalue weighted by Gasteiger charge is -2.18. The van der Waals surface area contributed by atoms with Crippen LogP contribution in [0.5, 0.6) is 0 Å². The summed E-state index contributed by atoms with van der Waals surface area (Å²) in [5, 5.41) is 0. The van der Waals surface area contributed by atoms with Gasteiger partial charge in [0.1, 0.15) is 13.2 Å². The van der Waals surface area contributed by atoms with Crippen LogP contribution in [0.4, 0.5) is 0 Å². The summed E-state index contributed by atoms with van der Waals surface area (Å²) >= 11 is 0. The van der Waals surface area contributed by atoms with Crippen LogP contribution in [0.1, 0.15) is 393 Å². The topological polar surface area (TPSA) is 78.9 Å². The van der Waals surface area contributed by atoms with Crippen LogP contribution in [-0.2, 0) is 28.6 Å². The molecular formula is C75H138O6. The first-order valence-corrected chi connectivity index (χ1v) is 36.1. The molecule has 0 aromatic heterocycles. The summed E-state index contributed by atoms with van der Waals surface area (Å²) in [5.41, 5.74) is 0. The van der Waals surface area contributed by atoms with Crippen molar-refractivity contribution < 1.29 is 28.6 Å². The van der Waals surface area contributed by atoms with Gasteiger partial charge in [-0.3, -0.25) is 14.4 Å². The van der Waals surface area contributed by atoms with E-state index in [1.807, 2.05) is 6.08 Å². The minimum absolute atomic E-state index is 0.0899. The zero-order valence-electron chi connectivity index (χ0n) is 54.6. The Morgan fingerprint density at radius 1 is 0.259 bits per heavy atom. The summed E-state index contributed by atoms with van der Waals surface area (Å²) in [6, 6.07) is 0. The quantitative estimate of drug-likeness (QED) is 0.0261. The second-order valence-corrected chi connectivity index (χ2v) is 24.5. The van der Waals surface area contributed by atoms with E-state index < -0.39 is 6.10 Å². The molecule has 0 spiro atoms. The molecule has 0 aromatic rings. The maximum Gasteiger partial charge on any atom is 0.306 e. The molecule has 1 atom stereocenters. The van der Waals surface area contributed by atoms with Crippen molar-refractivity contribution in [3.8, 4) is 0 Å². The van der Waals surface area contributed by atoms with Crippen molar-refractivity contribution in [2.24, 2.45) is 0 Å². The average Bonchev–Trinajstić information content (AvgIpc) is 3.46. The summed E-state index contributed by atoms with van der Waals surface area (Å²) in [6.45, 7) is 6.53. The van der Waals surface area contributed by atoms with E-state index in [1.54, 1.807) is 0 Å². The number of ether oxygens (including phenoxy) is 3. The van der Waals surface area contributed by atoms with Crippen molar-refractivity contribution in [3.05, 3.63) is 48.6 Å². The molecule has 0 aromatic carbocycles. The van der Waals surface area contributed by atoms with Crippen molar-refractivity contribution >= 4 is 17.9 Å². The molecule has 6 heteroatoms. The molecule has 0 radical (unpaired) electrons. The molecule has 0 aliphatic rings. The second kappa shape index (κ2) is 69.9. The first-order chi connectivity index (χ1) is 40.0. The van der Waals surface area contributed by atoms with Gasteiger partial charge in [-0.05, 0) is 44.9 Å². The summed E-state index contributed by atoms with van der Waals surface area (Å²) in [6.07, 6.45) is 89.1. The Hall–Kier alpha value is -2.63. The number of carbonyl (C=O) groups excluding carboxylic acids is 3. The number of esters is 3. The van der Waals surface area contributed by atoms with Crippen LogP contribution < -0.4 is 0 Å². The molecule has 0 saturated heterocycles. The van der Waals surface area contributed by atoms with E-state index >= 15 is 0 Å². The third-order valence-electron chi connectivity index (χ3n) is 16.4. The predicted octanol–water partition coefficient (Wildman–Crippen LogP) is 24.9. The molecule has 0 N–H and O–H groups in total. The Morgan fingerprint density at radius 2 is 0.481 bits per heavy atom. The fourth-order valence-corrected chi connectivity index (χ4v) is 11.0. The maximum absolute atomic E-state index is 12.9. The number of unbranched alkanes of at least 4 members (excludes halogenated alkanes) is 48. The van der Waals surface area contributed by atoms with Gasteiger partial charge in [0.05, 0.1) is 0 Å². The van der Waals surface area contributed by atoms with Crippen molar-refractivity contribution in [3.63, 3.8) is 0 Å². The zero-order chi connectivity index (χ0) is 58.5. The molecule has 81 heavy (non-hydrogen) atoms. The lowest BCUT2D eigenvalue weighted by molar-refractivity contribution is -0.166. The summed E-state index contributed by atoms with van der Waals surface area (Å²) in [7, 11) is 0. The van der Waals surface area contributed by atoms with E-state index in [1.165, 1.54) is 283 Å². The molecule has 0 aliphatic carbocycles. The molecule has 0 heterocycles. The van der Waals surface area contributed by atoms with Crippen molar-refractivity contribution in [1.82, 2.24) is 0 Å². The third-order valence-corrected chi connectivity index (χ3v) is 16.4. The number of allylic oxidation sites excluding steroid dienone is 8. The molecule has 0 fully saturated rings. The Morgan fingerprint density at radius 3 is 0.753 bits per heavy atom. The van der Waals surface area contributed by atoms with Gasteiger partial charge in [0.25, 0.3) is 0 Å². The van der Waals surface area contributed by atoms with Crippen LogP contribution in [0, 0.1) is 0 Å². The third kappa shape index (κ3) is 68.0. The van der Waals surface area contributed by atoms with Gasteiger partial charge in [-0.2, -0.15) is 0 Å². The Bertz CT molecular complexity index is 1400. The van der Waals surface area contributed by atoms with Crippen molar-refractivity contribution in [2.45, 2.75) is 399 Å². The average molecular weight is 1140 g/mol. The molecular weight excluding hydrogens is 997 g/mol. The van der Waals surface area contributed by atoms with Crippen LogP contribution >= 0.6 is 0 Å². The van der Waals surface area contributed by atoms with Gasteiger partial charge in [-0.1, -0.05) is 378 Å². The monoisotopic (exact) mass is 1140 g/mol. The van der Waals surface area contributed by atoms with E-state index in [9.17, 15) is 14.4 Å². The Labute approximate surface area is 505 Å². The second-order valence-electron chi connectivity index (χ2n) is 24.5. The number of carbonyl (C=O) groups is 3. The highest BCUT2D eigenvalue weighted by Crippen LogP contribution is 2.19. The van der Waals surface area contributed by atoms with E-state index in [0.717, 1.165) is 64.2 Å². The molecule has 0 amide bonds. The Balaban J connectivity index is 4.11. The summed E-state index contributed by atoms with van der Waals surface area (Å²) in [5.74, 6) is -0.950. The van der Waals surface area contributed by atoms with Crippen molar-refractivity contribution in [2.75, 3.05) is 13.2 Å². The fourth-order valence-electron chi connectivity index (χ4n) is 11.0. The fraction of sp³-hybridized carbons (Fsp3) is 0.853. The van der Waals surface area contributed by atoms with Gasteiger partial charge < -0.3 is 14.2 Å². The summed E-state index contributed by atoms with van der Waals surface area (Å²) < 4.78 is 16.9. The minimum Gasteiger partial charge on any atom is -0.462 e. The van der Waals surface area contributed by atoms with Gasteiger partial charge in [-0.25, -0.2) is 0 Å². The normalized spacial score (nSPS) is 12.3. The first-order valence-electron chi connectivity index (χ1n) is 36.1. The number of hydrogen-bond acceptors (Lipinski definition) is 6. The smallest absolute Gasteiger partial charge is 0.306 e. The molecule has 0 bridgehead atoms. The lowest BCUT2D eigenvalue weighted by atomic mass is 10.0. The maximum atomic E-state index is 12.9. The van der Waals surface area contributed by atoms with E-state index in [4.69, 9.17) is 14.2 Å². The molecule has 1 unspecified atom stereocenters. The molecule has 0 saturated carbocycles.